The topological polar surface area (TPSA) is 44.8 Å². The molecular weight excluding hydrogens is 351 g/mol. The van der Waals surface area contributed by atoms with Crippen LogP contribution in [-0.4, -0.2) is 19.7 Å². The molecule has 0 amide bonds. The minimum absolute atomic E-state index is 0.0958. The number of rotatable bonds is 6. The summed E-state index contributed by atoms with van der Waals surface area (Å²) in [6, 6.07) is 9.83. The van der Waals surface area contributed by atoms with Crippen molar-refractivity contribution < 1.29 is 19.0 Å². The van der Waals surface area contributed by atoms with Crippen LogP contribution in [0.3, 0.4) is 0 Å². The van der Waals surface area contributed by atoms with Gasteiger partial charge in [-0.2, -0.15) is 0 Å². The van der Waals surface area contributed by atoms with Crippen molar-refractivity contribution in [1.29, 1.82) is 0 Å². The maximum absolute atomic E-state index is 11.9. The van der Waals surface area contributed by atoms with Gasteiger partial charge in [-0.1, -0.05) is 35.2 Å². The largest absolute Gasteiger partial charge is 0.493 e. The number of esters is 1. The van der Waals surface area contributed by atoms with E-state index in [-0.39, 0.29) is 13.2 Å². The predicted molar refractivity (Wildman–Crippen MR) is 92.9 cm³/mol. The molecule has 0 saturated carbocycles. The third kappa shape index (κ3) is 4.58. The maximum Gasteiger partial charge on any atom is 0.339 e. The van der Waals surface area contributed by atoms with E-state index < -0.39 is 5.97 Å². The first kappa shape index (κ1) is 18.0. The van der Waals surface area contributed by atoms with Crippen molar-refractivity contribution in [3.05, 3.63) is 57.6 Å². The zero-order valence-corrected chi connectivity index (χ0v) is 14.4. The lowest BCUT2D eigenvalue weighted by atomic mass is 10.2. The van der Waals surface area contributed by atoms with Gasteiger partial charge in [0, 0.05) is 15.6 Å². The summed E-state index contributed by atoms with van der Waals surface area (Å²) in [6.45, 7) is 0.0939. The molecule has 24 heavy (non-hydrogen) atoms. The van der Waals surface area contributed by atoms with Crippen LogP contribution in [0, 0.1) is 12.3 Å². The van der Waals surface area contributed by atoms with Crippen molar-refractivity contribution in [2.45, 2.75) is 6.61 Å². The fourth-order valence-corrected chi connectivity index (χ4v) is 2.36. The number of terminal acetylenes is 1. The number of carbonyl (C=O) groups excluding carboxylic acids is 1. The van der Waals surface area contributed by atoms with E-state index in [0.717, 1.165) is 5.56 Å². The molecule has 0 N–H and O–H groups in total. The zero-order chi connectivity index (χ0) is 17.5. The Kier molecular flexibility index (Phi) is 6.36. The van der Waals surface area contributed by atoms with Gasteiger partial charge in [-0.15, -0.1) is 6.42 Å². The number of halogens is 2. The molecule has 2 aromatic rings. The first-order valence-electron chi connectivity index (χ1n) is 6.90. The van der Waals surface area contributed by atoms with Gasteiger partial charge >= 0.3 is 5.97 Å². The highest BCUT2D eigenvalue weighted by Gasteiger charge is 2.13. The highest BCUT2D eigenvalue weighted by molar-refractivity contribution is 6.35. The van der Waals surface area contributed by atoms with Crippen LogP contribution < -0.4 is 9.47 Å². The van der Waals surface area contributed by atoms with Gasteiger partial charge < -0.3 is 14.2 Å². The lowest BCUT2D eigenvalue weighted by Crippen LogP contribution is -2.06. The SMILES string of the molecule is C#CCOC(=O)c1ccc(OC)c(OCc2ccc(Cl)cc2Cl)c1. The normalized spacial score (nSPS) is 9.92. The van der Waals surface area contributed by atoms with Gasteiger partial charge in [0.1, 0.15) is 6.61 Å². The fourth-order valence-electron chi connectivity index (χ4n) is 1.90. The summed E-state index contributed by atoms with van der Waals surface area (Å²) in [5, 5.41) is 1.03. The summed E-state index contributed by atoms with van der Waals surface area (Å²) in [5.74, 6) is 2.57. The van der Waals surface area contributed by atoms with Crippen LogP contribution in [0.1, 0.15) is 15.9 Å². The van der Waals surface area contributed by atoms with Crippen LogP contribution >= 0.6 is 23.2 Å². The summed E-state index contributed by atoms with van der Waals surface area (Å²) in [7, 11) is 1.51. The lowest BCUT2D eigenvalue weighted by molar-refractivity contribution is 0.0556. The molecule has 2 rings (SSSR count). The third-order valence-electron chi connectivity index (χ3n) is 3.08. The van der Waals surface area contributed by atoms with E-state index in [1.165, 1.54) is 13.2 Å². The average molecular weight is 365 g/mol. The Bertz CT molecular complexity index is 781. The van der Waals surface area contributed by atoms with E-state index >= 15 is 0 Å². The standard InChI is InChI=1S/C18H14Cl2O4/c1-3-8-23-18(21)12-5-7-16(22-2)17(9-12)24-11-13-4-6-14(19)10-15(13)20/h1,4-7,9-10H,8,11H2,2H3. The van der Waals surface area contributed by atoms with E-state index in [9.17, 15) is 4.79 Å². The van der Waals surface area contributed by atoms with Crippen molar-refractivity contribution in [2.75, 3.05) is 13.7 Å². The second-order valence-electron chi connectivity index (χ2n) is 4.67. The number of ether oxygens (including phenoxy) is 3. The van der Waals surface area contributed by atoms with Crippen molar-refractivity contribution >= 4 is 29.2 Å². The van der Waals surface area contributed by atoms with Crippen LogP contribution in [-0.2, 0) is 11.3 Å². The number of carbonyl (C=O) groups is 1. The van der Waals surface area contributed by atoms with Gasteiger partial charge in [0.25, 0.3) is 0 Å². The summed E-state index contributed by atoms with van der Waals surface area (Å²) < 4.78 is 15.9. The smallest absolute Gasteiger partial charge is 0.339 e. The highest BCUT2D eigenvalue weighted by atomic mass is 35.5. The van der Waals surface area contributed by atoms with Crippen molar-refractivity contribution in [3.63, 3.8) is 0 Å². The molecule has 0 radical (unpaired) electrons. The highest BCUT2D eigenvalue weighted by Crippen LogP contribution is 2.30. The van der Waals surface area contributed by atoms with E-state index in [1.54, 1.807) is 30.3 Å². The van der Waals surface area contributed by atoms with Crippen LogP contribution in [0.4, 0.5) is 0 Å². The van der Waals surface area contributed by atoms with Gasteiger partial charge in [-0.05, 0) is 30.3 Å². The molecule has 124 valence electrons. The molecule has 0 aromatic heterocycles. The number of benzene rings is 2. The molecular formula is C18H14Cl2O4. The quantitative estimate of drug-likeness (QED) is 0.563. The Labute approximate surface area is 150 Å². The Hall–Kier alpha value is -2.35. The third-order valence-corrected chi connectivity index (χ3v) is 3.67. The summed E-state index contributed by atoms with van der Waals surface area (Å²) >= 11 is 12.0. The van der Waals surface area contributed by atoms with Gasteiger partial charge in [-0.3, -0.25) is 0 Å². The number of hydrogen-bond donors (Lipinski definition) is 0. The van der Waals surface area contributed by atoms with E-state index in [4.69, 9.17) is 43.8 Å². The Morgan fingerprint density at radius 1 is 1.17 bits per heavy atom. The van der Waals surface area contributed by atoms with Crippen LogP contribution in [0.2, 0.25) is 10.0 Å². The number of methoxy groups -OCH3 is 1. The maximum atomic E-state index is 11.9. The summed E-state index contributed by atoms with van der Waals surface area (Å²) in [5.41, 5.74) is 1.06. The van der Waals surface area contributed by atoms with Gasteiger partial charge in [0.15, 0.2) is 18.1 Å². The molecule has 2 aromatic carbocycles. The Balaban J connectivity index is 2.18. The summed E-state index contributed by atoms with van der Waals surface area (Å²) in [4.78, 5) is 11.9. The molecule has 0 spiro atoms. The molecule has 6 heteroatoms. The van der Waals surface area contributed by atoms with Crippen molar-refractivity contribution in [3.8, 4) is 23.8 Å². The molecule has 4 nitrogen and oxygen atoms in total. The van der Waals surface area contributed by atoms with Crippen LogP contribution in [0.5, 0.6) is 11.5 Å². The first-order valence-corrected chi connectivity index (χ1v) is 7.66. The van der Waals surface area contributed by atoms with Gasteiger partial charge in [0.05, 0.1) is 12.7 Å². The molecule has 0 aliphatic heterocycles. The Morgan fingerprint density at radius 2 is 1.96 bits per heavy atom. The lowest BCUT2D eigenvalue weighted by Gasteiger charge is -2.13. The minimum atomic E-state index is -0.537. The van der Waals surface area contributed by atoms with Crippen LogP contribution in [0.25, 0.3) is 0 Å². The second kappa shape index (κ2) is 8.49. The molecule has 0 aliphatic rings. The average Bonchev–Trinajstić information content (AvgIpc) is 2.58. The molecule has 0 heterocycles. The van der Waals surface area contributed by atoms with Crippen LogP contribution in [0.15, 0.2) is 36.4 Å². The monoisotopic (exact) mass is 364 g/mol. The van der Waals surface area contributed by atoms with Gasteiger partial charge in [-0.25, -0.2) is 4.79 Å². The summed E-state index contributed by atoms with van der Waals surface area (Å²) in [6.07, 6.45) is 5.07. The molecule has 0 atom stereocenters. The predicted octanol–water partition coefficient (Wildman–Crippen LogP) is 4.37. The fraction of sp³-hybridized carbons (Fsp3) is 0.167. The van der Waals surface area contributed by atoms with Gasteiger partial charge in [0.2, 0.25) is 0 Å². The first-order chi connectivity index (χ1) is 11.5. The van der Waals surface area contributed by atoms with E-state index in [1.807, 2.05) is 0 Å². The molecule has 0 fully saturated rings. The Morgan fingerprint density at radius 3 is 2.62 bits per heavy atom. The molecule has 0 unspecified atom stereocenters. The zero-order valence-electron chi connectivity index (χ0n) is 12.8. The minimum Gasteiger partial charge on any atom is -0.493 e. The van der Waals surface area contributed by atoms with E-state index in [0.29, 0.717) is 27.1 Å². The number of hydrogen-bond acceptors (Lipinski definition) is 4. The van der Waals surface area contributed by atoms with Crippen molar-refractivity contribution in [2.24, 2.45) is 0 Å². The van der Waals surface area contributed by atoms with E-state index in [2.05, 4.69) is 5.92 Å². The second-order valence-corrected chi connectivity index (χ2v) is 5.51. The molecule has 0 aliphatic carbocycles. The molecule has 0 bridgehead atoms. The molecule has 0 saturated heterocycles. The van der Waals surface area contributed by atoms with Crippen molar-refractivity contribution in [1.82, 2.24) is 0 Å².